The van der Waals surface area contributed by atoms with Crippen LogP contribution in [0.1, 0.15) is 33.6 Å². The molecular formula is C20H29ClOSSi. The molecule has 0 aliphatic carbocycles. The van der Waals surface area contributed by atoms with Crippen LogP contribution < -0.4 is 0 Å². The molecule has 1 aliphatic heterocycles. The van der Waals surface area contributed by atoms with Gasteiger partial charge in [0.25, 0.3) is 0 Å². The van der Waals surface area contributed by atoms with Gasteiger partial charge in [0, 0.05) is 10.7 Å². The van der Waals surface area contributed by atoms with E-state index in [9.17, 15) is 0 Å². The predicted molar refractivity (Wildman–Crippen MR) is 113 cm³/mol. The predicted octanol–water partition coefficient (Wildman–Crippen LogP) is 6.66. The maximum atomic E-state index is 6.51. The Bertz CT molecular complexity index is 588. The van der Waals surface area contributed by atoms with E-state index in [1.54, 1.807) is 11.8 Å². The number of halogens is 1. The Labute approximate surface area is 158 Å². The van der Waals surface area contributed by atoms with Crippen molar-refractivity contribution < 1.29 is 4.43 Å². The van der Waals surface area contributed by atoms with Gasteiger partial charge in [-0.05, 0) is 36.5 Å². The smallest absolute Gasteiger partial charge is 0.193 e. The van der Waals surface area contributed by atoms with Crippen molar-refractivity contribution in [1.82, 2.24) is 0 Å². The fraction of sp³-hybridized carbons (Fsp3) is 0.500. The molecule has 0 bridgehead atoms. The summed E-state index contributed by atoms with van der Waals surface area (Å²) in [6, 6.07) is 0. The first-order chi connectivity index (χ1) is 11.1. The van der Waals surface area contributed by atoms with Crippen molar-refractivity contribution in [2.75, 3.05) is 5.75 Å². The molecule has 0 amide bonds. The molecule has 1 nitrogen and oxygen atoms in total. The molecule has 1 aliphatic rings. The Morgan fingerprint density at radius 1 is 1.42 bits per heavy atom. The molecule has 1 heterocycles. The van der Waals surface area contributed by atoms with Crippen LogP contribution in [-0.2, 0) is 4.43 Å². The molecule has 0 N–H and O–H groups in total. The van der Waals surface area contributed by atoms with Crippen molar-refractivity contribution in [3.63, 3.8) is 0 Å². The first kappa shape index (κ1) is 21.4. The van der Waals surface area contributed by atoms with Crippen LogP contribution in [0.25, 0.3) is 0 Å². The number of hydrogen-bond donors (Lipinski definition) is 0. The van der Waals surface area contributed by atoms with E-state index in [1.807, 2.05) is 18.2 Å². The third-order valence-electron chi connectivity index (χ3n) is 4.49. The monoisotopic (exact) mass is 380 g/mol. The quantitative estimate of drug-likeness (QED) is 0.389. The summed E-state index contributed by atoms with van der Waals surface area (Å²) in [6.07, 6.45) is 15.2. The van der Waals surface area contributed by atoms with Crippen LogP contribution in [-0.4, -0.2) is 20.2 Å². The Balaban J connectivity index is 2.81. The van der Waals surface area contributed by atoms with Gasteiger partial charge < -0.3 is 4.43 Å². The summed E-state index contributed by atoms with van der Waals surface area (Å²) in [6.45, 7) is 15.2. The highest BCUT2D eigenvalue weighted by atomic mass is 35.5. The van der Waals surface area contributed by atoms with Gasteiger partial charge in [0.05, 0.1) is 5.03 Å². The lowest BCUT2D eigenvalue weighted by molar-refractivity contribution is 0.224. The lowest BCUT2D eigenvalue weighted by atomic mass is 10.1. The average Bonchev–Trinajstić information content (AvgIpc) is 2.56. The van der Waals surface area contributed by atoms with Gasteiger partial charge in [0.2, 0.25) is 0 Å². The molecule has 4 heteroatoms. The fourth-order valence-corrected chi connectivity index (χ4v) is 4.42. The lowest BCUT2D eigenvalue weighted by Crippen LogP contribution is -2.43. The van der Waals surface area contributed by atoms with E-state index in [0.29, 0.717) is 0 Å². The van der Waals surface area contributed by atoms with Crippen LogP contribution in [0.2, 0.25) is 18.1 Å². The number of terminal acetylenes is 1. The van der Waals surface area contributed by atoms with Gasteiger partial charge in [-0.1, -0.05) is 69.2 Å². The van der Waals surface area contributed by atoms with Crippen molar-refractivity contribution in [1.29, 1.82) is 0 Å². The molecular weight excluding hydrogens is 352 g/mol. The third-order valence-corrected chi connectivity index (χ3v) is 10.7. The maximum absolute atomic E-state index is 6.51. The lowest BCUT2D eigenvalue weighted by Gasteiger charge is -2.38. The normalized spacial score (nSPS) is 23.6. The molecule has 0 saturated carbocycles. The van der Waals surface area contributed by atoms with Crippen molar-refractivity contribution >= 4 is 31.7 Å². The van der Waals surface area contributed by atoms with Crippen molar-refractivity contribution in [2.45, 2.75) is 57.8 Å². The molecule has 1 unspecified atom stereocenters. The summed E-state index contributed by atoms with van der Waals surface area (Å²) in [7, 11) is -1.87. The van der Waals surface area contributed by atoms with Gasteiger partial charge in [-0.3, -0.25) is 0 Å². The summed E-state index contributed by atoms with van der Waals surface area (Å²) in [5.74, 6) is 3.72. The Hall–Kier alpha value is -0.663. The summed E-state index contributed by atoms with van der Waals surface area (Å²) in [5.41, 5.74) is 0.841. The summed E-state index contributed by atoms with van der Waals surface area (Å²) in [5, 5.41) is 0.888. The van der Waals surface area contributed by atoms with E-state index in [-0.39, 0.29) is 11.1 Å². The van der Waals surface area contributed by atoms with E-state index < -0.39 is 8.32 Å². The van der Waals surface area contributed by atoms with Gasteiger partial charge in [-0.25, -0.2) is 0 Å². The number of thioether (sulfide) groups is 1. The second kappa shape index (κ2) is 9.15. The Morgan fingerprint density at radius 2 is 2.08 bits per heavy atom. The number of allylic oxidation sites excluding steroid dienone is 6. The van der Waals surface area contributed by atoms with Gasteiger partial charge in [-0.2, -0.15) is 0 Å². The average molecular weight is 381 g/mol. The number of hydrogen-bond acceptors (Lipinski definition) is 2. The van der Waals surface area contributed by atoms with Crippen LogP contribution in [0.15, 0.2) is 46.4 Å². The minimum absolute atomic E-state index is 0.149. The van der Waals surface area contributed by atoms with Gasteiger partial charge in [0.1, 0.15) is 6.10 Å². The Morgan fingerprint density at radius 3 is 2.67 bits per heavy atom. The minimum Gasteiger partial charge on any atom is -0.403 e. The molecule has 1 atom stereocenters. The van der Waals surface area contributed by atoms with Gasteiger partial charge in [-0.15, -0.1) is 18.2 Å². The highest BCUT2D eigenvalue weighted by Gasteiger charge is 2.38. The van der Waals surface area contributed by atoms with Crippen LogP contribution in [0.5, 0.6) is 0 Å². The second-order valence-corrected chi connectivity index (χ2v) is 13.7. The zero-order valence-corrected chi connectivity index (χ0v) is 18.1. The van der Waals surface area contributed by atoms with Gasteiger partial charge in [0.15, 0.2) is 8.32 Å². The highest BCUT2D eigenvalue weighted by molar-refractivity contribution is 8.03. The molecule has 1 rings (SSSR count). The zero-order chi connectivity index (χ0) is 18.4. The topological polar surface area (TPSA) is 9.23 Å². The second-order valence-electron chi connectivity index (χ2n) is 7.43. The molecule has 0 aromatic rings. The Kier molecular flexibility index (Phi) is 8.15. The minimum atomic E-state index is -1.87. The first-order valence-electron chi connectivity index (χ1n) is 8.26. The highest BCUT2D eigenvalue weighted by Crippen LogP contribution is 2.38. The van der Waals surface area contributed by atoms with E-state index in [2.05, 4.69) is 52.4 Å². The summed E-state index contributed by atoms with van der Waals surface area (Å²) in [4.78, 5) is 1.14. The molecule has 0 radical (unpaired) electrons. The molecule has 0 saturated heterocycles. The van der Waals surface area contributed by atoms with E-state index in [1.165, 1.54) is 0 Å². The third kappa shape index (κ3) is 6.33. The standard InChI is InChI=1S/C20H29ClOSSi/c1-8-17(22-24(6,7)20(3,4)5)13-14-18-19(21)16(2)12-10-9-11-15-23-18/h1,9-12,17H,2,13-15H2,3-7H3/b11-9-,12-10-,19-18+. The van der Waals surface area contributed by atoms with Crippen LogP contribution in [0.3, 0.4) is 0 Å². The first-order valence-corrected chi connectivity index (χ1v) is 12.5. The fourth-order valence-electron chi connectivity index (χ4n) is 1.92. The van der Waals surface area contributed by atoms with E-state index >= 15 is 0 Å². The summed E-state index contributed by atoms with van der Waals surface area (Å²) >= 11 is 8.26. The van der Waals surface area contributed by atoms with Crippen LogP contribution >= 0.6 is 23.4 Å². The molecule has 0 spiro atoms. The van der Waals surface area contributed by atoms with Crippen molar-refractivity contribution in [3.8, 4) is 12.3 Å². The van der Waals surface area contributed by atoms with Crippen LogP contribution in [0.4, 0.5) is 0 Å². The molecule has 24 heavy (non-hydrogen) atoms. The summed E-state index contributed by atoms with van der Waals surface area (Å²) < 4.78 is 6.36. The van der Waals surface area contributed by atoms with Crippen molar-refractivity contribution in [3.05, 3.63) is 46.4 Å². The van der Waals surface area contributed by atoms with E-state index in [4.69, 9.17) is 22.5 Å². The molecule has 0 fully saturated rings. The largest absolute Gasteiger partial charge is 0.403 e. The van der Waals surface area contributed by atoms with Crippen LogP contribution in [0, 0.1) is 12.3 Å². The molecule has 0 aromatic carbocycles. The SMILES string of the molecule is C#CC(CC/C1=C(\Cl)C(=C)/C=C\C=C/CS1)O[Si](C)(C)C(C)(C)C. The van der Waals surface area contributed by atoms with Crippen molar-refractivity contribution in [2.24, 2.45) is 0 Å². The molecule has 0 aromatic heterocycles. The molecule has 132 valence electrons. The zero-order valence-electron chi connectivity index (χ0n) is 15.5. The van der Waals surface area contributed by atoms with E-state index in [0.717, 1.165) is 34.1 Å². The number of rotatable bonds is 5. The maximum Gasteiger partial charge on any atom is 0.193 e. The van der Waals surface area contributed by atoms with Gasteiger partial charge >= 0.3 is 0 Å².